The summed E-state index contributed by atoms with van der Waals surface area (Å²) in [7, 11) is 0. The lowest BCUT2D eigenvalue weighted by atomic mass is 9.77. The first-order chi connectivity index (χ1) is 7.55. The smallest absolute Gasteiger partial charge is 0.159 e. The highest BCUT2D eigenvalue weighted by molar-refractivity contribution is 5.99. The van der Waals surface area contributed by atoms with Gasteiger partial charge in [-0.25, -0.2) is 0 Å². The first-order valence-electron chi connectivity index (χ1n) is 6.29. The van der Waals surface area contributed by atoms with Gasteiger partial charge in [0.15, 0.2) is 5.78 Å². The standard InChI is InChI=1S/C14H22O2/c1-4-14(5-2)10-9-13(16)12(14)8-6-7-11(3)15/h8H,4-7,9-10H2,1-3H3/b12-8+. The Bertz CT molecular complexity index is 309. The van der Waals surface area contributed by atoms with Crippen LogP contribution in [0, 0.1) is 5.41 Å². The van der Waals surface area contributed by atoms with E-state index in [2.05, 4.69) is 13.8 Å². The molecule has 1 fully saturated rings. The largest absolute Gasteiger partial charge is 0.300 e. The van der Waals surface area contributed by atoms with Gasteiger partial charge in [-0.05, 0) is 43.6 Å². The molecule has 16 heavy (non-hydrogen) atoms. The highest BCUT2D eigenvalue weighted by Crippen LogP contribution is 2.46. The average Bonchev–Trinajstić information content (AvgIpc) is 2.57. The van der Waals surface area contributed by atoms with Crippen molar-refractivity contribution >= 4 is 11.6 Å². The minimum atomic E-state index is 0.105. The lowest BCUT2D eigenvalue weighted by Crippen LogP contribution is -2.18. The molecule has 2 heteroatoms. The van der Waals surface area contributed by atoms with Crippen molar-refractivity contribution in [2.24, 2.45) is 5.41 Å². The van der Waals surface area contributed by atoms with E-state index < -0.39 is 0 Å². The molecule has 0 amide bonds. The van der Waals surface area contributed by atoms with Gasteiger partial charge in [0.05, 0.1) is 0 Å². The van der Waals surface area contributed by atoms with Crippen molar-refractivity contribution < 1.29 is 9.59 Å². The number of hydrogen-bond donors (Lipinski definition) is 0. The van der Waals surface area contributed by atoms with Crippen molar-refractivity contribution in [1.82, 2.24) is 0 Å². The van der Waals surface area contributed by atoms with Crippen LogP contribution in [0.4, 0.5) is 0 Å². The molecular formula is C14H22O2. The SMILES string of the molecule is CCC1(CC)CCC(=O)/C1=C\CCC(C)=O. The molecule has 0 aliphatic heterocycles. The molecule has 0 aromatic carbocycles. The monoisotopic (exact) mass is 222 g/mol. The summed E-state index contributed by atoms with van der Waals surface area (Å²) in [6.07, 6.45) is 7.03. The first kappa shape index (κ1) is 13.1. The predicted molar refractivity (Wildman–Crippen MR) is 65.3 cm³/mol. The minimum absolute atomic E-state index is 0.105. The van der Waals surface area contributed by atoms with E-state index in [1.54, 1.807) is 6.92 Å². The van der Waals surface area contributed by atoms with Crippen LogP contribution in [0.25, 0.3) is 0 Å². The Labute approximate surface area is 98.1 Å². The summed E-state index contributed by atoms with van der Waals surface area (Å²) in [6.45, 7) is 5.91. The molecule has 0 heterocycles. The molecule has 1 rings (SSSR count). The van der Waals surface area contributed by atoms with E-state index in [4.69, 9.17) is 0 Å². The molecule has 0 radical (unpaired) electrons. The number of ketones is 2. The Morgan fingerprint density at radius 2 is 2.00 bits per heavy atom. The Morgan fingerprint density at radius 1 is 1.38 bits per heavy atom. The minimum Gasteiger partial charge on any atom is -0.300 e. The van der Waals surface area contributed by atoms with Gasteiger partial charge in [0.25, 0.3) is 0 Å². The Kier molecular flexibility index (Phi) is 4.45. The summed E-state index contributed by atoms with van der Waals surface area (Å²) in [5.74, 6) is 0.494. The van der Waals surface area contributed by atoms with Gasteiger partial charge in [0, 0.05) is 12.8 Å². The third kappa shape index (κ3) is 2.60. The van der Waals surface area contributed by atoms with Crippen LogP contribution in [0.5, 0.6) is 0 Å². The summed E-state index contributed by atoms with van der Waals surface area (Å²) in [6, 6.07) is 0. The molecule has 90 valence electrons. The van der Waals surface area contributed by atoms with Gasteiger partial charge < -0.3 is 4.79 Å². The van der Waals surface area contributed by atoms with Gasteiger partial charge in [-0.1, -0.05) is 19.9 Å². The maximum absolute atomic E-state index is 11.8. The fourth-order valence-electron chi connectivity index (χ4n) is 2.65. The molecule has 0 N–H and O–H groups in total. The highest BCUT2D eigenvalue weighted by Gasteiger charge is 2.39. The second kappa shape index (κ2) is 5.42. The summed E-state index contributed by atoms with van der Waals surface area (Å²) >= 11 is 0. The fourth-order valence-corrected chi connectivity index (χ4v) is 2.65. The maximum atomic E-state index is 11.8. The van der Waals surface area contributed by atoms with Gasteiger partial charge in [0.1, 0.15) is 5.78 Å². The van der Waals surface area contributed by atoms with Gasteiger partial charge in [-0.15, -0.1) is 0 Å². The van der Waals surface area contributed by atoms with Crippen LogP contribution < -0.4 is 0 Å². The molecular weight excluding hydrogens is 200 g/mol. The maximum Gasteiger partial charge on any atom is 0.159 e. The van der Waals surface area contributed by atoms with Crippen LogP contribution >= 0.6 is 0 Å². The van der Waals surface area contributed by atoms with Crippen LogP contribution in [-0.4, -0.2) is 11.6 Å². The number of rotatable bonds is 5. The Balaban J connectivity index is 2.80. The van der Waals surface area contributed by atoms with Crippen molar-refractivity contribution in [2.75, 3.05) is 0 Å². The zero-order valence-corrected chi connectivity index (χ0v) is 10.6. The fraction of sp³-hybridized carbons (Fsp3) is 0.714. The van der Waals surface area contributed by atoms with Crippen molar-refractivity contribution in [3.05, 3.63) is 11.6 Å². The van der Waals surface area contributed by atoms with E-state index in [0.29, 0.717) is 18.6 Å². The van der Waals surface area contributed by atoms with Gasteiger partial charge in [-0.3, -0.25) is 4.79 Å². The van der Waals surface area contributed by atoms with Crippen LogP contribution in [-0.2, 0) is 9.59 Å². The third-order valence-electron chi connectivity index (χ3n) is 3.90. The van der Waals surface area contributed by atoms with Crippen LogP contribution in [0.15, 0.2) is 11.6 Å². The quantitative estimate of drug-likeness (QED) is 0.668. The van der Waals surface area contributed by atoms with E-state index in [1.165, 1.54) is 0 Å². The summed E-state index contributed by atoms with van der Waals surface area (Å²) in [4.78, 5) is 22.7. The van der Waals surface area contributed by atoms with Crippen molar-refractivity contribution in [1.29, 1.82) is 0 Å². The molecule has 1 saturated carbocycles. The predicted octanol–water partition coefficient (Wildman–Crippen LogP) is 3.45. The summed E-state index contributed by atoms with van der Waals surface area (Å²) in [5.41, 5.74) is 1.10. The van der Waals surface area contributed by atoms with Gasteiger partial charge >= 0.3 is 0 Å². The van der Waals surface area contributed by atoms with E-state index >= 15 is 0 Å². The molecule has 1 aliphatic carbocycles. The molecule has 0 bridgehead atoms. The second-order valence-corrected chi connectivity index (χ2v) is 4.77. The summed E-state index contributed by atoms with van der Waals surface area (Å²) < 4.78 is 0. The number of hydrogen-bond acceptors (Lipinski definition) is 2. The number of carbonyl (C=O) groups excluding carboxylic acids is 2. The molecule has 1 aliphatic rings. The van der Waals surface area contributed by atoms with Crippen molar-refractivity contribution in [3.8, 4) is 0 Å². The zero-order chi connectivity index (χ0) is 12.2. The summed E-state index contributed by atoms with van der Waals surface area (Å²) in [5, 5.41) is 0. The molecule has 0 aromatic heterocycles. The number of allylic oxidation sites excluding steroid dienone is 2. The topological polar surface area (TPSA) is 34.1 Å². The average molecular weight is 222 g/mol. The Morgan fingerprint density at radius 3 is 2.50 bits per heavy atom. The normalized spacial score (nSPS) is 21.7. The van der Waals surface area contributed by atoms with E-state index in [0.717, 1.165) is 31.3 Å². The van der Waals surface area contributed by atoms with E-state index in [1.807, 2.05) is 6.08 Å². The number of carbonyl (C=O) groups is 2. The van der Waals surface area contributed by atoms with E-state index in [9.17, 15) is 9.59 Å². The zero-order valence-electron chi connectivity index (χ0n) is 10.6. The molecule has 0 unspecified atom stereocenters. The second-order valence-electron chi connectivity index (χ2n) is 4.77. The molecule has 2 nitrogen and oxygen atoms in total. The lowest BCUT2D eigenvalue weighted by molar-refractivity contribution is -0.117. The molecule has 0 atom stereocenters. The molecule has 0 aromatic rings. The van der Waals surface area contributed by atoms with Crippen molar-refractivity contribution in [2.45, 2.75) is 59.3 Å². The third-order valence-corrected chi connectivity index (χ3v) is 3.90. The lowest BCUT2D eigenvalue weighted by Gasteiger charge is -2.27. The number of Topliss-reactive ketones (excluding diaryl/α,β-unsaturated/α-hetero) is 2. The molecule has 0 spiro atoms. The van der Waals surface area contributed by atoms with Crippen LogP contribution in [0.2, 0.25) is 0 Å². The van der Waals surface area contributed by atoms with Gasteiger partial charge in [0.2, 0.25) is 0 Å². The van der Waals surface area contributed by atoms with Crippen molar-refractivity contribution in [3.63, 3.8) is 0 Å². The van der Waals surface area contributed by atoms with Crippen LogP contribution in [0.3, 0.4) is 0 Å². The Hall–Kier alpha value is -0.920. The highest BCUT2D eigenvalue weighted by atomic mass is 16.1. The van der Waals surface area contributed by atoms with Gasteiger partial charge in [-0.2, -0.15) is 0 Å². The molecule has 0 saturated heterocycles. The van der Waals surface area contributed by atoms with Crippen LogP contribution in [0.1, 0.15) is 59.3 Å². The van der Waals surface area contributed by atoms with E-state index in [-0.39, 0.29) is 11.2 Å². The first-order valence-corrected chi connectivity index (χ1v) is 6.29.